The van der Waals surface area contributed by atoms with Crippen LogP contribution in [-0.2, 0) is 90.5 Å². The van der Waals surface area contributed by atoms with Crippen LogP contribution in [-0.4, -0.2) is 177 Å². The molecule has 4 rings (SSSR count). The Morgan fingerprint density at radius 1 is 0.812 bits per heavy atom. The van der Waals surface area contributed by atoms with E-state index in [4.69, 9.17) is 52.1 Å². The Morgan fingerprint density at radius 3 is 2.08 bits per heavy atom. The van der Waals surface area contributed by atoms with Gasteiger partial charge < -0.3 is 67.2 Å². The Labute approximate surface area is 468 Å². The highest BCUT2D eigenvalue weighted by molar-refractivity contribution is 6.39. The van der Waals surface area contributed by atoms with Gasteiger partial charge in [0.2, 0.25) is 12.6 Å². The molecule has 14 atom stereocenters. The van der Waals surface area contributed by atoms with E-state index in [2.05, 4.69) is 6.58 Å². The third-order valence-electron chi connectivity index (χ3n) is 15.3. The summed E-state index contributed by atoms with van der Waals surface area (Å²) in [5.74, 6) is -12.7. The molecule has 23 nitrogen and oxygen atoms in total. The Hall–Kier alpha value is -5.59. The summed E-state index contributed by atoms with van der Waals surface area (Å²) in [6.45, 7) is 13.0. The van der Waals surface area contributed by atoms with Crippen molar-refractivity contribution in [2.45, 2.75) is 193 Å². The topological polar surface area (TPSA) is 299 Å². The monoisotopic (exact) mass is 1140 g/mol. The molecule has 3 heterocycles. The lowest BCUT2D eigenvalue weighted by Gasteiger charge is -2.47. The summed E-state index contributed by atoms with van der Waals surface area (Å²) in [5, 5.41) is 22.9. The van der Waals surface area contributed by atoms with Gasteiger partial charge in [-0.15, -0.1) is 6.58 Å². The summed E-state index contributed by atoms with van der Waals surface area (Å²) < 4.78 is 61.1. The van der Waals surface area contributed by atoms with Crippen molar-refractivity contribution in [1.29, 1.82) is 0 Å². The molecule has 1 aliphatic carbocycles. The van der Waals surface area contributed by atoms with Crippen molar-refractivity contribution in [3.8, 4) is 0 Å². The largest absolute Gasteiger partial charge is 0.511 e. The number of cyclic esters (lactones) is 1. The van der Waals surface area contributed by atoms with Crippen LogP contribution >= 0.6 is 0 Å². The van der Waals surface area contributed by atoms with Crippen LogP contribution in [0.1, 0.15) is 132 Å². The minimum Gasteiger partial charge on any atom is -0.462 e. The second-order valence-electron chi connectivity index (χ2n) is 21.6. The summed E-state index contributed by atoms with van der Waals surface area (Å²) in [7, 11) is 4.45. The third kappa shape index (κ3) is 19.6. The Morgan fingerprint density at radius 2 is 1.45 bits per heavy atom. The average molecular weight is 1140 g/mol. The smallest absolute Gasteiger partial charge is 0.462 e. The zero-order chi connectivity index (χ0) is 59.4. The van der Waals surface area contributed by atoms with E-state index in [1.165, 1.54) is 21.3 Å². The molecular weight excluding hydrogens is 1050 g/mol. The highest BCUT2D eigenvalue weighted by Gasteiger charge is 2.57. The summed E-state index contributed by atoms with van der Waals surface area (Å²) in [6, 6.07) is -1.33. The van der Waals surface area contributed by atoms with Gasteiger partial charge in [-0.05, 0) is 95.5 Å². The molecule has 450 valence electrons. The Kier molecular flexibility index (Phi) is 26.9. The number of rotatable bonds is 18. The summed E-state index contributed by atoms with van der Waals surface area (Å²) >= 11 is 0. The van der Waals surface area contributed by atoms with Gasteiger partial charge in [-0.2, -0.15) is 0 Å². The fourth-order valence-electron chi connectivity index (χ4n) is 10.9. The summed E-state index contributed by atoms with van der Waals surface area (Å²) in [6.07, 6.45) is -1.65. The number of hydrogen-bond acceptors (Lipinski definition) is 22. The molecule has 23 heteroatoms. The van der Waals surface area contributed by atoms with E-state index in [9.17, 15) is 53.4 Å². The van der Waals surface area contributed by atoms with Gasteiger partial charge in [-0.1, -0.05) is 44.6 Å². The maximum absolute atomic E-state index is 14.8. The molecule has 1 unspecified atom stereocenters. The number of methoxy groups -OCH3 is 3. The lowest BCUT2D eigenvalue weighted by Crippen LogP contribution is -2.64. The number of aliphatic hydroxyl groups excluding tert-OH is 1. The van der Waals surface area contributed by atoms with Crippen LogP contribution in [0.4, 0.5) is 4.79 Å². The minimum absolute atomic E-state index is 0.0392. The SMILES string of the molecule is C=CC[C@@H]1/C=C(\C)C[C@H](C)C[C@H](OC)[C@H]2O[C@@](O)(C(=O)C(=O)N3CCCC[C@H]3C(=O)O[C@H](/C(C)=C/C3CC[C@@H](O)[C@H](OC)C3)[C@H](C)[C@@H](OC(=O)OCOC(=O)CCC(=O)OC(COC(C)=O)COC(C)=O)CC1=O)[C@H](C)C[C@@H]2OC. The quantitative estimate of drug-likeness (QED) is 0.0592. The molecule has 3 fully saturated rings. The number of ketones is 2. The fourth-order valence-corrected chi connectivity index (χ4v) is 10.9. The van der Waals surface area contributed by atoms with Crippen LogP contribution in [0.25, 0.3) is 0 Å². The van der Waals surface area contributed by atoms with E-state index in [1.807, 2.05) is 26.0 Å². The van der Waals surface area contributed by atoms with Gasteiger partial charge in [0.15, 0.2) is 6.10 Å². The number of aliphatic hydroxyl groups is 2. The standard InChI is InChI=1S/C57H85NO22/c1-12-15-40-23-32(2)22-33(3)24-47(71-10)52-48(72-11)26-35(5)57(69,80-52)53(65)54(66)58-21-14-13-16-42(58)55(67)79-51(34(4)25-39-17-18-43(61)46(27-39)70-9)36(6)45(28-44(40)62)78-56(68)76-31-75-49(63)19-20-50(64)77-41(29-73-37(7)59)30-74-38(8)60/h12,23,25,33,35-36,39-43,45-48,51-52,61,69H,1,13-22,24,26-31H2,2-11H3/b32-23+,34-25+/t33-,35+,36+,39?,40+,42-,43+,45-,46+,47-,48-,51+,52+,57+/m0/s1. The number of Topliss-reactive ketones (excluding diaryl/α,β-unsaturated/α-hetero) is 2. The molecule has 0 aromatic rings. The van der Waals surface area contributed by atoms with Crippen LogP contribution in [0.2, 0.25) is 0 Å². The van der Waals surface area contributed by atoms with Crippen molar-refractivity contribution < 1.29 is 105 Å². The van der Waals surface area contributed by atoms with Crippen molar-refractivity contribution in [2.75, 3.05) is 47.9 Å². The Balaban J connectivity index is 1.72. The lowest BCUT2D eigenvalue weighted by molar-refractivity contribution is -0.302. The van der Waals surface area contributed by atoms with E-state index < -0.39 is 165 Å². The second-order valence-corrected chi connectivity index (χ2v) is 21.6. The molecule has 0 aromatic heterocycles. The Bertz CT molecular complexity index is 2210. The van der Waals surface area contributed by atoms with Gasteiger partial charge in [0.1, 0.15) is 43.4 Å². The molecule has 80 heavy (non-hydrogen) atoms. The molecule has 0 radical (unpaired) electrons. The number of carbonyl (C=O) groups excluding carboxylic acids is 9. The van der Waals surface area contributed by atoms with Gasteiger partial charge in [0.05, 0.1) is 37.3 Å². The number of carbonyl (C=O) groups is 9. The fraction of sp³-hybridized carbons (Fsp3) is 0.737. The number of ether oxygens (including phenoxy) is 11. The van der Waals surface area contributed by atoms with Crippen LogP contribution in [0.5, 0.6) is 0 Å². The van der Waals surface area contributed by atoms with Crippen molar-refractivity contribution in [1.82, 2.24) is 4.90 Å². The molecule has 1 saturated carbocycles. The van der Waals surface area contributed by atoms with E-state index in [0.717, 1.165) is 24.3 Å². The van der Waals surface area contributed by atoms with Gasteiger partial charge in [0, 0.05) is 65.9 Å². The molecule has 2 bridgehead atoms. The first-order chi connectivity index (χ1) is 37.8. The zero-order valence-corrected chi connectivity index (χ0v) is 48.0. The highest BCUT2D eigenvalue weighted by atomic mass is 16.8. The van der Waals surface area contributed by atoms with Crippen LogP contribution in [0.3, 0.4) is 0 Å². The first-order valence-electron chi connectivity index (χ1n) is 27.5. The lowest BCUT2D eigenvalue weighted by atomic mass is 9.81. The second kappa shape index (κ2) is 32.2. The molecule has 2 saturated heterocycles. The van der Waals surface area contributed by atoms with E-state index >= 15 is 0 Å². The molecule has 0 spiro atoms. The van der Waals surface area contributed by atoms with Gasteiger partial charge >= 0.3 is 36.0 Å². The van der Waals surface area contributed by atoms with E-state index in [1.54, 1.807) is 26.8 Å². The maximum atomic E-state index is 14.8. The third-order valence-corrected chi connectivity index (χ3v) is 15.3. The van der Waals surface area contributed by atoms with E-state index in [-0.39, 0.29) is 43.4 Å². The van der Waals surface area contributed by atoms with Crippen molar-refractivity contribution in [2.24, 2.45) is 29.6 Å². The predicted molar refractivity (Wildman–Crippen MR) is 281 cm³/mol. The molecule has 3 aliphatic heterocycles. The summed E-state index contributed by atoms with van der Waals surface area (Å²) in [5.41, 5.74) is 1.28. The van der Waals surface area contributed by atoms with Crippen molar-refractivity contribution in [3.63, 3.8) is 0 Å². The van der Waals surface area contributed by atoms with E-state index in [0.29, 0.717) is 50.5 Å². The van der Waals surface area contributed by atoms with Gasteiger partial charge in [-0.3, -0.25) is 33.6 Å². The highest BCUT2D eigenvalue weighted by Crippen LogP contribution is 2.39. The zero-order valence-electron chi connectivity index (χ0n) is 48.0. The number of esters is 5. The van der Waals surface area contributed by atoms with Crippen LogP contribution < -0.4 is 0 Å². The normalized spacial score (nSPS) is 32.2. The number of amides is 1. The van der Waals surface area contributed by atoms with Crippen molar-refractivity contribution >= 4 is 53.5 Å². The number of piperidine rings is 1. The first kappa shape index (κ1) is 66.9. The number of fused-ring (bicyclic) bond motifs is 3. The van der Waals surface area contributed by atoms with Crippen LogP contribution in [0.15, 0.2) is 36.0 Å². The van der Waals surface area contributed by atoms with Gasteiger partial charge in [0.25, 0.3) is 11.7 Å². The molecule has 0 aromatic carbocycles. The minimum atomic E-state index is -2.63. The molecule has 2 N–H and O–H groups in total. The number of hydrogen-bond donors (Lipinski definition) is 2. The van der Waals surface area contributed by atoms with Crippen molar-refractivity contribution in [3.05, 3.63) is 36.0 Å². The number of allylic oxidation sites excluding steroid dienone is 4. The predicted octanol–water partition coefficient (Wildman–Crippen LogP) is 5.12. The maximum Gasteiger partial charge on any atom is 0.511 e. The van der Waals surface area contributed by atoms with Gasteiger partial charge in [-0.25, -0.2) is 9.59 Å². The first-order valence-corrected chi connectivity index (χ1v) is 27.5. The van der Waals surface area contributed by atoms with Crippen LogP contribution in [0, 0.1) is 29.6 Å². The molecular formula is C57H85NO22. The molecule has 4 aliphatic rings. The average Bonchev–Trinajstić information content (AvgIpc) is 3.59. The summed E-state index contributed by atoms with van der Waals surface area (Å²) in [4.78, 5) is 121. The number of nitrogens with zero attached hydrogens (tertiary/aromatic N) is 1. The molecule has 1 amide bonds.